The molecular weight excluding hydrogens is 473 g/mol. The van der Waals surface area contributed by atoms with Gasteiger partial charge in [-0.25, -0.2) is 0 Å². The Balaban J connectivity index is 1.47. The number of nitrogens with one attached hydrogen (secondary N) is 2. The third-order valence-corrected chi connectivity index (χ3v) is 7.42. The largest absolute Gasteiger partial charge is 0.416 e. The minimum absolute atomic E-state index is 0.0786. The minimum Gasteiger partial charge on any atom is -0.326 e. The number of alkyl halides is 3. The van der Waals surface area contributed by atoms with Gasteiger partial charge in [0.1, 0.15) is 11.5 Å². The maximum absolute atomic E-state index is 13.4. The molecule has 0 radical (unpaired) electrons. The van der Waals surface area contributed by atoms with Crippen LogP contribution in [0.25, 0.3) is 0 Å². The van der Waals surface area contributed by atoms with Crippen LogP contribution in [0, 0.1) is 6.92 Å². The van der Waals surface area contributed by atoms with Gasteiger partial charge in [-0.05, 0) is 50.3 Å². The summed E-state index contributed by atoms with van der Waals surface area (Å²) in [7, 11) is 1.81. The zero-order valence-corrected chi connectivity index (χ0v) is 20.5. The Morgan fingerprint density at radius 2 is 1.66 bits per heavy atom. The highest BCUT2D eigenvalue weighted by atomic mass is 32.1. The van der Waals surface area contributed by atoms with Gasteiger partial charge in [-0.15, -0.1) is 11.3 Å². The fraction of sp³-hybridized carbons (Fsp3) is 0.333. The lowest BCUT2D eigenvalue weighted by Crippen LogP contribution is -3.08. The van der Waals surface area contributed by atoms with Gasteiger partial charge in [-0.3, -0.25) is 9.59 Å². The molecule has 1 unspecified atom stereocenters. The molecule has 184 valence electrons. The van der Waals surface area contributed by atoms with Crippen molar-refractivity contribution in [3.8, 4) is 0 Å². The van der Waals surface area contributed by atoms with Gasteiger partial charge in [-0.1, -0.05) is 42.0 Å². The SMILES string of the molecule is Cc1ccc(C(=O)c2c(NC(=O)C[NH+](C)Cc3ccc(C(F)(F)F)cc3)sc3c2CCCC3)cc1. The molecule has 2 N–H and O–H groups in total. The molecule has 4 rings (SSSR count). The van der Waals surface area contributed by atoms with E-state index in [1.165, 1.54) is 23.5 Å². The fourth-order valence-corrected chi connectivity index (χ4v) is 5.71. The molecule has 0 bridgehead atoms. The molecule has 0 spiro atoms. The molecule has 1 aliphatic rings. The first kappa shape index (κ1) is 25.1. The molecule has 1 amide bonds. The summed E-state index contributed by atoms with van der Waals surface area (Å²) in [4.78, 5) is 28.3. The van der Waals surface area contributed by atoms with E-state index in [4.69, 9.17) is 0 Å². The first-order chi connectivity index (χ1) is 16.6. The van der Waals surface area contributed by atoms with Crippen LogP contribution in [-0.2, 0) is 30.4 Å². The lowest BCUT2D eigenvalue weighted by Gasteiger charge is -2.15. The molecule has 4 nitrogen and oxygen atoms in total. The molecule has 0 aliphatic heterocycles. The number of amides is 1. The second kappa shape index (κ2) is 10.3. The van der Waals surface area contributed by atoms with Gasteiger partial charge in [0, 0.05) is 16.0 Å². The van der Waals surface area contributed by atoms with Gasteiger partial charge in [0.15, 0.2) is 12.3 Å². The zero-order chi connectivity index (χ0) is 25.2. The van der Waals surface area contributed by atoms with Gasteiger partial charge >= 0.3 is 6.18 Å². The van der Waals surface area contributed by atoms with E-state index in [1.807, 2.05) is 38.2 Å². The lowest BCUT2D eigenvalue weighted by atomic mass is 9.91. The molecule has 0 fully saturated rings. The van der Waals surface area contributed by atoms with Crippen molar-refractivity contribution in [2.45, 2.75) is 45.3 Å². The Labute approximate surface area is 206 Å². The molecule has 0 saturated heterocycles. The van der Waals surface area contributed by atoms with Crippen LogP contribution in [0.3, 0.4) is 0 Å². The van der Waals surface area contributed by atoms with Crippen molar-refractivity contribution < 1.29 is 27.7 Å². The Hall–Kier alpha value is -2.97. The van der Waals surface area contributed by atoms with Crippen molar-refractivity contribution in [1.82, 2.24) is 0 Å². The third-order valence-electron chi connectivity index (χ3n) is 6.21. The fourth-order valence-electron chi connectivity index (χ4n) is 4.41. The third kappa shape index (κ3) is 6.00. The number of anilines is 1. The van der Waals surface area contributed by atoms with Gasteiger partial charge in [0.05, 0.1) is 18.2 Å². The number of benzene rings is 2. The van der Waals surface area contributed by atoms with E-state index in [2.05, 4.69) is 5.32 Å². The van der Waals surface area contributed by atoms with Crippen LogP contribution in [0.1, 0.15) is 55.9 Å². The van der Waals surface area contributed by atoms with Crippen molar-refractivity contribution in [2.75, 3.05) is 18.9 Å². The number of quaternary nitrogens is 1. The normalized spacial score (nSPS) is 14.3. The number of fused-ring (bicyclic) bond motifs is 1. The summed E-state index contributed by atoms with van der Waals surface area (Å²) in [6, 6.07) is 12.4. The molecule has 0 saturated carbocycles. The molecule has 1 aliphatic carbocycles. The first-order valence-corrected chi connectivity index (χ1v) is 12.5. The standard InChI is InChI=1S/C27H27F3N2O2S/c1-17-7-11-19(12-8-17)25(34)24-21-5-3-4-6-22(21)35-26(24)31-23(33)16-32(2)15-18-9-13-20(14-10-18)27(28,29)30/h7-14H,3-6,15-16H2,1-2H3,(H,31,33)/p+1. The van der Waals surface area contributed by atoms with Crippen molar-refractivity contribution in [3.63, 3.8) is 0 Å². The molecule has 2 aromatic carbocycles. The number of hydrogen-bond acceptors (Lipinski definition) is 3. The predicted octanol–water partition coefficient (Wildman–Crippen LogP) is 4.84. The highest BCUT2D eigenvalue weighted by Gasteiger charge is 2.30. The smallest absolute Gasteiger partial charge is 0.326 e. The zero-order valence-electron chi connectivity index (χ0n) is 19.7. The number of halogens is 3. The van der Waals surface area contributed by atoms with Gasteiger partial charge < -0.3 is 10.2 Å². The molecule has 1 aromatic heterocycles. The van der Waals surface area contributed by atoms with E-state index in [0.29, 0.717) is 28.2 Å². The number of hydrogen-bond donors (Lipinski definition) is 2. The second-order valence-electron chi connectivity index (χ2n) is 9.16. The molecule has 35 heavy (non-hydrogen) atoms. The molecule has 1 atom stereocenters. The number of carbonyl (C=O) groups excluding carboxylic acids is 2. The van der Waals surface area contributed by atoms with Gasteiger partial charge in [-0.2, -0.15) is 13.2 Å². The predicted molar refractivity (Wildman–Crippen MR) is 131 cm³/mol. The van der Waals surface area contributed by atoms with E-state index in [9.17, 15) is 22.8 Å². The minimum atomic E-state index is -4.37. The maximum Gasteiger partial charge on any atom is 0.416 e. The number of likely N-dealkylation sites (N-methyl/N-ethyl adjacent to an activating group) is 1. The highest BCUT2D eigenvalue weighted by molar-refractivity contribution is 7.17. The first-order valence-electron chi connectivity index (χ1n) is 11.6. The summed E-state index contributed by atoms with van der Waals surface area (Å²) in [6.07, 6.45) is -0.550. The molecule has 3 aromatic rings. The number of ketones is 1. The van der Waals surface area contributed by atoms with Gasteiger partial charge in [0.2, 0.25) is 0 Å². The van der Waals surface area contributed by atoms with E-state index in [-0.39, 0.29) is 18.2 Å². The van der Waals surface area contributed by atoms with E-state index in [0.717, 1.165) is 58.7 Å². The Morgan fingerprint density at radius 1 is 1.00 bits per heavy atom. The Bertz CT molecular complexity index is 1210. The summed E-state index contributed by atoms with van der Waals surface area (Å²) in [5, 5.41) is 3.56. The van der Waals surface area contributed by atoms with Crippen LogP contribution in [-0.4, -0.2) is 25.3 Å². The average Bonchev–Trinajstić information content (AvgIpc) is 3.16. The van der Waals surface area contributed by atoms with Crippen LogP contribution >= 0.6 is 11.3 Å². The average molecular weight is 502 g/mol. The summed E-state index contributed by atoms with van der Waals surface area (Å²) in [5.74, 6) is -0.309. The van der Waals surface area contributed by atoms with E-state index in [1.54, 1.807) is 0 Å². The van der Waals surface area contributed by atoms with Crippen molar-refractivity contribution in [3.05, 3.63) is 86.8 Å². The second-order valence-corrected chi connectivity index (χ2v) is 10.3. The van der Waals surface area contributed by atoms with Crippen LogP contribution in [0.4, 0.5) is 18.2 Å². The van der Waals surface area contributed by atoms with Crippen LogP contribution in [0.5, 0.6) is 0 Å². The topological polar surface area (TPSA) is 50.6 Å². The Morgan fingerprint density at radius 3 is 2.31 bits per heavy atom. The highest BCUT2D eigenvalue weighted by Crippen LogP contribution is 2.39. The molecule has 1 heterocycles. The van der Waals surface area contributed by atoms with Crippen LogP contribution < -0.4 is 10.2 Å². The quantitative estimate of drug-likeness (QED) is 0.456. The molecule has 8 heteroatoms. The monoisotopic (exact) mass is 501 g/mol. The number of carbonyl (C=O) groups is 2. The van der Waals surface area contributed by atoms with Crippen molar-refractivity contribution in [1.29, 1.82) is 0 Å². The summed E-state index contributed by atoms with van der Waals surface area (Å²) < 4.78 is 38.3. The summed E-state index contributed by atoms with van der Waals surface area (Å²) >= 11 is 1.48. The maximum atomic E-state index is 13.4. The van der Waals surface area contributed by atoms with Crippen LogP contribution in [0.2, 0.25) is 0 Å². The number of rotatable bonds is 7. The number of thiophene rings is 1. The summed E-state index contributed by atoms with van der Waals surface area (Å²) in [6.45, 7) is 2.50. The Kier molecular flexibility index (Phi) is 7.42. The van der Waals surface area contributed by atoms with Crippen LogP contribution in [0.15, 0.2) is 48.5 Å². The molecular formula is C27H28F3N2O2S+. The van der Waals surface area contributed by atoms with Crippen molar-refractivity contribution in [2.24, 2.45) is 0 Å². The van der Waals surface area contributed by atoms with Gasteiger partial charge in [0.25, 0.3) is 5.91 Å². The van der Waals surface area contributed by atoms with E-state index >= 15 is 0 Å². The lowest BCUT2D eigenvalue weighted by molar-refractivity contribution is -0.885. The van der Waals surface area contributed by atoms with Crippen molar-refractivity contribution >= 4 is 28.0 Å². The summed E-state index contributed by atoms with van der Waals surface area (Å²) in [5.41, 5.74) is 3.34. The number of aryl methyl sites for hydroxylation is 2. The van der Waals surface area contributed by atoms with E-state index < -0.39 is 11.7 Å².